The van der Waals surface area contributed by atoms with Crippen LogP contribution in [0.1, 0.15) is 65.7 Å². The second-order valence-corrected chi connectivity index (χ2v) is 10.2. The zero-order chi connectivity index (χ0) is 18.9. The van der Waals surface area contributed by atoms with Gasteiger partial charge in [0.05, 0.1) is 18.8 Å². The van der Waals surface area contributed by atoms with Crippen molar-refractivity contribution in [2.45, 2.75) is 77.9 Å². The number of allylic oxidation sites excluding steroid dienone is 1. The maximum absolute atomic E-state index is 11.4. The standard InChI is InChI=1S/C22H34O4/c1-13-10-22-11-15(13)5-6-16(22)20(3)8-7-18(24)21(4,12-26-14(2)23)17(20)9-19(22)25/h15-19,24-25H,1,5-12H2,2-4H3. The zero-order valence-electron chi connectivity index (χ0n) is 16.5. The van der Waals surface area contributed by atoms with Crippen LogP contribution in [-0.2, 0) is 9.53 Å². The van der Waals surface area contributed by atoms with E-state index in [9.17, 15) is 15.0 Å². The fourth-order valence-corrected chi connectivity index (χ4v) is 7.75. The normalized spacial score (nSPS) is 53.0. The maximum atomic E-state index is 11.4. The molecule has 4 saturated carbocycles. The molecule has 0 amide bonds. The lowest BCUT2D eigenvalue weighted by Crippen LogP contribution is -2.65. The van der Waals surface area contributed by atoms with Crippen LogP contribution >= 0.6 is 0 Å². The summed E-state index contributed by atoms with van der Waals surface area (Å²) in [6.07, 6.45) is 5.98. The highest BCUT2D eigenvalue weighted by molar-refractivity contribution is 5.65. The molecule has 0 heterocycles. The summed E-state index contributed by atoms with van der Waals surface area (Å²) in [5.41, 5.74) is 0.902. The number of carbonyl (C=O) groups is 1. The lowest BCUT2D eigenvalue weighted by atomic mass is 9.40. The number of carbonyl (C=O) groups excluding carboxylic acids is 1. The highest BCUT2D eigenvalue weighted by Gasteiger charge is 2.68. The van der Waals surface area contributed by atoms with Crippen LogP contribution in [-0.4, -0.2) is 35.0 Å². The van der Waals surface area contributed by atoms with E-state index in [2.05, 4.69) is 20.4 Å². The molecule has 4 aliphatic rings. The summed E-state index contributed by atoms with van der Waals surface area (Å²) in [7, 11) is 0. The maximum Gasteiger partial charge on any atom is 0.302 e. The first kappa shape index (κ1) is 18.5. The van der Waals surface area contributed by atoms with Gasteiger partial charge in [0.2, 0.25) is 0 Å². The van der Waals surface area contributed by atoms with E-state index in [0.29, 0.717) is 18.3 Å². The Morgan fingerprint density at radius 2 is 1.92 bits per heavy atom. The van der Waals surface area contributed by atoms with E-state index in [0.717, 1.165) is 32.1 Å². The molecule has 4 aliphatic carbocycles. The quantitative estimate of drug-likeness (QED) is 0.583. The van der Waals surface area contributed by atoms with Gasteiger partial charge in [0, 0.05) is 17.8 Å². The van der Waals surface area contributed by atoms with Crippen LogP contribution in [0.2, 0.25) is 0 Å². The Kier molecular flexibility index (Phi) is 4.13. The Morgan fingerprint density at radius 3 is 2.62 bits per heavy atom. The molecule has 2 bridgehead atoms. The smallest absolute Gasteiger partial charge is 0.302 e. The van der Waals surface area contributed by atoms with Crippen molar-refractivity contribution in [1.82, 2.24) is 0 Å². The molecule has 4 rings (SSSR count). The predicted molar refractivity (Wildman–Crippen MR) is 99.2 cm³/mol. The number of hydrogen-bond donors (Lipinski definition) is 2. The van der Waals surface area contributed by atoms with Crippen molar-refractivity contribution in [3.63, 3.8) is 0 Å². The van der Waals surface area contributed by atoms with Gasteiger partial charge in [-0.2, -0.15) is 0 Å². The van der Waals surface area contributed by atoms with E-state index < -0.39 is 11.5 Å². The first-order valence-corrected chi connectivity index (χ1v) is 10.3. The monoisotopic (exact) mass is 362 g/mol. The fraction of sp³-hybridized carbons (Fsp3) is 0.864. The average molecular weight is 363 g/mol. The number of hydrogen-bond acceptors (Lipinski definition) is 4. The molecule has 0 aromatic carbocycles. The molecule has 4 nitrogen and oxygen atoms in total. The number of aliphatic hydroxyl groups excluding tert-OH is 2. The third-order valence-electron chi connectivity index (χ3n) is 9.07. The van der Waals surface area contributed by atoms with Crippen molar-refractivity contribution in [2.24, 2.45) is 34.0 Å². The lowest BCUT2D eigenvalue weighted by Gasteiger charge is -2.66. The fourth-order valence-electron chi connectivity index (χ4n) is 7.75. The Morgan fingerprint density at radius 1 is 1.19 bits per heavy atom. The number of aliphatic hydroxyl groups is 2. The van der Waals surface area contributed by atoms with Crippen LogP contribution in [0.25, 0.3) is 0 Å². The van der Waals surface area contributed by atoms with E-state index in [1.54, 1.807) is 0 Å². The molecular weight excluding hydrogens is 328 g/mol. The van der Waals surface area contributed by atoms with Gasteiger partial charge < -0.3 is 14.9 Å². The van der Waals surface area contributed by atoms with Gasteiger partial charge in [-0.05, 0) is 68.1 Å². The van der Waals surface area contributed by atoms with Crippen molar-refractivity contribution in [1.29, 1.82) is 0 Å². The molecule has 8 unspecified atom stereocenters. The van der Waals surface area contributed by atoms with Gasteiger partial charge in [-0.15, -0.1) is 0 Å². The number of fused-ring (bicyclic) bond motifs is 3. The molecule has 1 spiro atoms. The topological polar surface area (TPSA) is 66.8 Å². The van der Waals surface area contributed by atoms with E-state index in [1.165, 1.54) is 18.9 Å². The summed E-state index contributed by atoms with van der Waals surface area (Å²) in [5, 5.41) is 22.2. The third kappa shape index (κ3) is 2.30. The molecule has 0 radical (unpaired) electrons. The van der Waals surface area contributed by atoms with Crippen LogP contribution < -0.4 is 0 Å². The summed E-state index contributed by atoms with van der Waals surface area (Å²) >= 11 is 0. The second kappa shape index (κ2) is 5.81. The highest BCUT2D eigenvalue weighted by atomic mass is 16.5. The minimum atomic E-state index is -0.492. The molecule has 0 aromatic rings. The van der Waals surface area contributed by atoms with E-state index in [4.69, 9.17) is 4.74 Å². The molecule has 8 atom stereocenters. The highest BCUT2D eigenvalue weighted by Crippen LogP contribution is 2.72. The van der Waals surface area contributed by atoms with Crippen molar-refractivity contribution >= 4 is 5.97 Å². The first-order chi connectivity index (χ1) is 12.1. The SMILES string of the molecule is C=C1CC23CC1CCC2C1(C)CCC(O)C(C)(COC(C)=O)C1CC3O. The van der Waals surface area contributed by atoms with Crippen molar-refractivity contribution < 1.29 is 19.7 Å². The van der Waals surface area contributed by atoms with Crippen LogP contribution in [0.4, 0.5) is 0 Å². The van der Waals surface area contributed by atoms with Crippen LogP contribution in [0, 0.1) is 34.0 Å². The number of esters is 1. The summed E-state index contributed by atoms with van der Waals surface area (Å²) in [4.78, 5) is 11.4. The van der Waals surface area contributed by atoms with Crippen LogP contribution in [0.3, 0.4) is 0 Å². The molecule has 0 aliphatic heterocycles. The lowest BCUT2D eigenvalue weighted by molar-refractivity contribution is -0.232. The number of ether oxygens (including phenoxy) is 1. The van der Waals surface area contributed by atoms with Gasteiger partial charge in [-0.3, -0.25) is 4.79 Å². The zero-order valence-corrected chi connectivity index (χ0v) is 16.5. The average Bonchev–Trinajstić information content (AvgIpc) is 2.83. The van der Waals surface area contributed by atoms with Crippen LogP contribution in [0.15, 0.2) is 12.2 Å². The molecular formula is C22H34O4. The number of rotatable bonds is 2. The largest absolute Gasteiger partial charge is 0.465 e. The van der Waals surface area contributed by atoms with E-state index in [-0.39, 0.29) is 35.4 Å². The van der Waals surface area contributed by atoms with Crippen LogP contribution in [0.5, 0.6) is 0 Å². The summed E-state index contributed by atoms with van der Waals surface area (Å²) in [6, 6.07) is 0. The van der Waals surface area contributed by atoms with E-state index >= 15 is 0 Å². The van der Waals surface area contributed by atoms with Gasteiger partial charge in [-0.1, -0.05) is 26.0 Å². The van der Waals surface area contributed by atoms with Gasteiger partial charge in [0.15, 0.2) is 0 Å². The molecule has 26 heavy (non-hydrogen) atoms. The van der Waals surface area contributed by atoms with Gasteiger partial charge >= 0.3 is 5.97 Å². The van der Waals surface area contributed by atoms with Crippen molar-refractivity contribution in [3.05, 3.63) is 12.2 Å². The Labute approximate surface area is 157 Å². The van der Waals surface area contributed by atoms with Gasteiger partial charge in [0.25, 0.3) is 0 Å². The second-order valence-electron chi connectivity index (χ2n) is 10.2. The third-order valence-corrected chi connectivity index (χ3v) is 9.07. The minimum absolute atomic E-state index is 0.0180. The van der Waals surface area contributed by atoms with Crippen molar-refractivity contribution in [3.8, 4) is 0 Å². The molecule has 4 fully saturated rings. The first-order valence-electron chi connectivity index (χ1n) is 10.3. The minimum Gasteiger partial charge on any atom is -0.465 e. The molecule has 2 N–H and O–H groups in total. The summed E-state index contributed by atoms with van der Waals surface area (Å²) in [6.45, 7) is 10.4. The Hall–Kier alpha value is -0.870. The van der Waals surface area contributed by atoms with Crippen molar-refractivity contribution in [2.75, 3.05) is 6.61 Å². The molecule has 146 valence electrons. The van der Waals surface area contributed by atoms with Gasteiger partial charge in [0.1, 0.15) is 0 Å². The summed E-state index contributed by atoms with van der Waals surface area (Å²) in [5.74, 6) is 0.909. The molecule has 4 heteroatoms. The van der Waals surface area contributed by atoms with E-state index in [1.807, 2.05) is 0 Å². The Balaban J connectivity index is 1.72. The predicted octanol–water partition coefficient (Wildman–Crippen LogP) is 3.46. The molecule has 0 saturated heterocycles. The summed E-state index contributed by atoms with van der Waals surface area (Å²) < 4.78 is 5.40. The Bertz CT molecular complexity index is 630. The molecule has 0 aromatic heterocycles. The van der Waals surface area contributed by atoms with Gasteiger partial charge in [-0.25, -0.2) is 0 Å².